The first-order chi connectivity index (χ1) is 15.7. The van der Waals surface area contributed by atoms with Gasteiger partial charge in [0.15, 0.2) is 5.82 Å². The van der Waals surface area contributed by atoms with Crippen LogP contribution in [-0.4, -0.2) is 41.5 Å². The Morgan fingerprint density at radius 3 is 2.39 bits per heavy atom. The van der Waals surface area contributed by atoms with Gasteiger partial charge in [-0.1, -0.05) is 41.4 Å². The number of piperidine rings is 1. The smallest absolute Gasteiger partial charge is 0.243 e. The largest absolute Gasteiger partial charge is 0.308 e. The summed E-state index contributed by atoms with van der Waals surface area (Å²) in [6.45, 7) is 3.20. The highest BCUT2D eigenvalue weighted by Crippen LogP contribution is 2.27. The molecule has 1 N–H and O–H groups in total. The van der Waals surface area contributed by atoms with E-state index in [4.69, 9.17) is 11.6 Å². The summed E-state index contributed by atoms with van der Waals surface area (Å²) in [5, 5.41) is 7.85. The second kappa shape index (κ2) is 9.97. The van der Waals surface area contributed by atoms with Crippen LogP contribution in [0.15, 0.2) is 64.1 Å². The van der Waals surface area contributed by atoms with E-state index in [1.807, 2.05) is 13.1 Å². The minimum absolute atomic E-state index is 0.153. The molecule has 10 heteroatoms. The van der Waals surface area contributed by atoms with Gasteiger partial charge in [-0.15, -0.1) is 0 Å². The second-order valence-corrected chi connectivity index (χ2v) is 11.4. The normalized spacial score (nSPS) is 15.5. The number of nitrogens with one attached hydrogen (secondary N) is 1. The van der Waals surface area contributed by atoms with Crippen molar-refractivity contribution < 1.29 is 13.2 Å². The van der Waals surface area contributed by atoms with Gasteiger partial charge in [-0.2, -0.15) is 9.40 Å². The molecule has 1 aliphatic heterocycles. The SMILES string of the molecule is Cc1ccc(Cn2cc(Br)c(NC(=O)C3CCN(S(=O)(=O)c4ccc(Cl)cc4)CC3)n2)cc1. The van der Waals surface area contributed by atoms with Gasteiger partial charge in [0.2, 0.25) is 15.9 Å². The number of nitrogens with zero attached hydrogens (tertiary/aromatic N) is 3. The minimum Gasteiger partial charge on any atom is -0.308 e. The second-order valence-electron chi connectivity index (χ2n) is 8.13. The summed E-state index contributed by atoms with van der Waals surface area (Å²) in [6, 6.07) is 14.3. The maximum atomic E-state index is 12.8. The number of hydrogen-bond acceptors (Lipinski definition) is 4. The first-order valence-corrected chi connectivity index (χ1v) is 13.2. The van der Waals surface area contributed by atoms with Crippen LogP contribution in [0.5, 0.6) is 0 Å². The van der Waals surface area contributed by atoms with Crippen molar-refractivity contribution in [2.75, 3.05) is 18.4 Å². The van der Waals surface area contributed by atoms with Crippen molar-refractivity contribution in [3.8, 4) is 0 Å². The van der Waals surface area contributed by atoms with Crippen molar-refractivity contribution in [3.63, 3.8) is 0 Å². The summed E-state index contributed by atoms with van der Waals surface area (Å²) in [5.74, 6) is 0.0268. The molecular weight excluding hydrogens is 528 g/mol. The molecule has 4 rings (SSSR count). The lowest BCUT2D eigenvalue weighted by Gasteiger charge is -2.30. The Kier molecular flexibility index (Phi) is 7.23. The monoisotopic (exact) mass is 550 g/mol. The highest BCUT2D eigenvalue weighted by molar-refractivity contribution is 9.10. The van der Waals surface area contributed by atoms with Crippen LogP contribution in [0.25, 0.3) is 0 Å². The van der Waals surface area contributed by atoms with Crippen molar-refractivity contribution in [2.45, 2.75) is 31.2 Å². The van der Waals surface area contributed by atoms with Crippen LogP contribution in [0, 0.1) is 12.8 Å². The predicted octanol–water partition coefficient (Wildman–Crippen LogP) is 4.70. The zero-order chi connectivity index (χ0) is 23.6. The number of sulfonamides is 1. The Morgan fingerprint density at radius 2 is 1.76 bits per heavy atom. The van der Waals surface area contributed by atoms with E-state index in [0.29, 0.717) is 34.7 Å². The van der Waals surface area contributed by atoms with E-state index in [-0.39, 0.29) is 29.8 Å². The van der Waals surface area contributed by atoms with Crippen LogP contribution in [0.4, 0.5) is 5.82 Å². The predicted molar refractivity (Wildman–Crippen MR) is 132 cm³/mol. The molecule has 0 atom stereocenters. The fourth-order valence-electron chi connectivity index (χ4n) is 3.78. The fourth-order valence-corrected chi connectivity index (χ4v) is 5.79. The summed E-state index contributed by atoms with van der Waals surface area (Å²) in [5.41, 5.74) is 2.31. The molecule has 2 heterocycles. The van der Waals surface area contributed by atoms with Gasteiger partial charge in [-0.05, 0) is 65.5 Å². The number of aromatic nitrogens is 2. The molecule has 0 aliphatic carbocycles. The highest BCUT2D eigenvalue weighted by atomic mass is 79.9. The Labute approximate surface area is 206 Å². The van der Waals surface area contributed by atoms with E-state index >= 15 is 0 Å². The average Bonchev–Trinajstić information content (AvgIpc) is 3.14. The number of halogens is 2. The van der Waals surface area contributed by atoms with Crippen LogP contribution < -0.4 is 5.32 Å². The highest BCUT2D eigenvalue weighted by Gasteiger charge is 2.32. The van der Waals surface area contributed by atoms with Gasteiger partial charge in [0.1, 0.15) is 0 Å². The van der Waals surface area contributed by atoms with E-state index in [1.165, 1.54) is 22.0 Å². The number of anilines is 1. The van der Waals surface area contributed by atoms with Crippen LogP contribution >= 0.6 is 27.5 Å². The van der Waals surface area contributed by atoms with Crippen LogP contribution in [-0.2, 0) is 21.4 Å². The third-order valence-electron chi connectivity index (χ3n) is 5.70. The van der Waals surface area contributed by atoms with Crippen LogP contribution in [0.1, 0.15) is 24.0 Å². The van der Waals surface area contributed by atoms with Crippen molar-refractivity contribution in [1.29, 1.82) is 0 Å². The lowest BCUT2D eigenvalue weighted by atomic mass is 9.97. The Hall–Kier alpha value is -2.20. The zero-order valence-corrected chi connectivity index (χ0v) is 21.2. The standard InChI is InChI=1S/C23H24BrClN4O3S/c1-16-2-4-17(5-3-16)14-28-15-21(24)22(27-28)26-23(30)18-10-12-29(13-11-18)33(31,32)20-8-6-19(25)7-9-20/h2-9,15,18H,10-14H2,1H3,(H,26,27,30). The molecule has 1 fully saturated rings. The first-order valence-electron chi connectivity index (χ1n) is 10.6. The van der Waals surface area contributed by atoms with Gasteiger partial charge in [0, 0.05) is 30.2 Å². The molecule has 3 aromatic rings. The molecule has 1 aromatic heterocycles. The maximum absolute atomic E-state index is 12.8. The van der Waals surface area contributed by atoms with Gasteiger partial charge >= 0.3 is 0 Å². The minimum atomic E-state index is -3.60. The number of amides is 1. The average molecular weight is 552 g/mol. The molecule has 0 radical (unpaired) electrons. The Balaban J connectivity index is 1.35. The lowest BCUT2D eigenvalue weighted by Crippen LogP contribution is -2.41. The van der Waals surface area contributed by atoms with Gasteiger partial charge in [0.25, 0.3) is 0 Å². The Bertz CT molecular complexity index is 1240. The number of carbonyl (C=O) groups excluding carboxylic acids is 1. The van der Waals surface area contributed by atoms with Crippen LogP contribution in [0.3, 0.4) is 0 Å². The summed E-state index contributed by atoms with van der Waals surface area (Å²) in [6.07, 6.45) is 2.72. The van der Waals surface area contributed by atoms with Crippen molar-refractivity contribution in [2.24, 2.45) is 5.92 Å². The molecule has 0 saturated carbocycles. The molecule has 7 nitrogen and oxygen atoms in total. The quantitative estimate of drug-likeness (QED) is 0.482. The van der Waals surface area contributed by atoms with Gasteiger partial charge in [-0.25, -0.2) is 8.42 Å². The third kappa shape index (κ3) is 5.66. The van der Waals surface area contributed by atoms with Crippen molar-refractivity contribution >= 4 is 49.3 Å². The molecule has 33 heavy (non-hydrogen) atoms. The first kappa shape index (κ1) is 23.9. The number of hydrogen-bond donors (Lipinski definition) is 1. The van der Waals surface area contributed by atoms with Crippen molar-refractivity contribution in [1.82, 2.24) is 14.1 Å². The summed E-state index contributed by atoms with van der Waals surface area (Å²) >= 11 is 9.33. The fraction of sp³-hybridized carbons (Fsp3) is 0.304. The summed E-state index contributed by atoms with van der Waals surface area (Å²) in [4.78, 5) is 13.0. The number of rotatable bonds is 6. The lowest BCUT2D eigenvalue weighted by molar-refractivity contribution is -0.120. The molecule has 1 aliphatic rings. The number of carbonyl (C=O) groups is 1. The third-order valence-corrected chi connectivity index (χ3v) is 8.45. The molecule has 0 spiro atoms. The van der Waals surface area contributed by atoms with Gasteiger partial charge < -0.3 is 5.32 Å². The molecule has 174 valence electrons. The van der Waals surface area contributed by atoms with Gasteiger partial charge in [-0.3, -0.25) is 9.48 Å². The summed E-state index contributed by atoms with van der Waals surface area (Å²) < 4.78 is 29.6. The maximum Gasteiger partial charge on any atom is 0.243 e. The number of aryl methyl sites for hydroxylation is 1. The van der Waals surface area contributed by atoms with E-state index < -0.39 is 10.0 Å². The van der Waals surface area contributed by atoms with Crippen LogP contribution in [0.2, 0.25) is 5.02 Å². The molecular formula is C23H24BrClN4O3S. The zero-order valence-electron chi connectivity index (χ0n) is 18.0. The van der Waals surface area contributed by atoms with E-state index in [2.05, 4.69) is 50.6 Å². The summed E-state index contributed by atoms with van der Waals surface area (Å²) in [7, 11) is -3.60. The topological polar surface area (TPSA) is 84.3 Å². The molecule has 0 unspecified atom stereocenters. The Morgan fingerprint density at radius 1 is 1.12 bits per heavy atom. The van der Waals surface area contributed by atoms with Gasteiger partial charge in [0.05, 0.1) is 15.9 Å². The van der Waals surface area contributed by atoms with E-state index in [9.17, 15) is 13.2 Å². The molecule has 0 bridgehead atoms. The molecule has 2 aromatic carbocycles. The molecule has 1 saturated heterocycles. The molecule has 1 amide bonds. The number of benzene rings is 2. The van der Waals surface area contributed by atoms with Crippen molar-refractivity contribution in [3.05, 3.63) is 75.4 Å². The van der Waals surface area contributed by atoms with E-state index in [0.717, 1.165) is 5.56 Å². The van der Waals surface area contributed by atoms with E-state index in [1.54, 1.807) is 16.8 Å².